The molecule has 0 aromatic rings. The van der Waals surface area contributed by atoms with Gasteiger partial charge in [0.15, 0.2) is 0 Å². The van der Waals surface area contributed by atoms with E-state index in [4.69, 9.17) is 57.1 Å². The van der Waals surface area contributed by atoms with Crippen molar-refractivity contribution in [1.29, 1.82) is 0 Å². The largest absolute Gasteiger partial charge is 0.469 e. The van der Waals surface area contributed by atoms with Gasteiger partial charge in [-0.05, 0) is 31.6 Å². The summed E-state index contributed by atoms with van der Waals surface area (Å²) in [5.74, 6) is -6.07. The van der Waals surface area contributed by atoms with E-state index in [-0.39, 0.29) is 72.5 Å². The fraction of sp³-hybridized carbons (Fsp3) is 0.650. The first-order valence-corrected chi connectivity index (χ1v) is 18.9. The maximum Gasteiger partial charge on any atom is 0.373 e. The Kier molecular flexibility index (Phi) is 17.7. The van der Waals surface area contributed by atoms with Gasteiger partial charge in [0.2, 0.25) is 0 Å². The molecule has 0 aromatic carbocycles. The monoisotopic (exact) mass is 818 g/mol. The number of carbonyl (C=O) groups is 6. The number of ether oxygens (including phenoxy) is 8. The van der Waals surface area contributed by atoms with Gasteiger partial charge < -0.3 is 37.9 Å². The molecule has 18 nitrogen and oxygen atoms in total. The van der Waals surface area contributed by atoms with Crippen molar-refractivity contribution in [3.8, 4) is 0 Å². The zero-order chi connectivity index (χ0) is 43.4. The number of rotatable bonds is 11. The molecule has 6 fully saturated rings. The molecule has 0 radical (unpaired) electrons. The zero-order valence-corrected chi connectivity index (χ0v) is 33.1. The van der Waals surface area contributed by atoms with Crippen LogP contribution in [0.1, 0.15) is 53.4 Å². The highest BCUT2D eigenvalue weighted by Gasteiger charge is 2.59. The van der Waals surface area contributed by atoms with E-state index in [1.807, 2.05) is 27.7 Å². The Morgan fingerprint density at radius 2 is 0.983 bits per heavy atom. The highest BCUT2D eigenvalue weighted by atomic mass is 16.6. The molecule has 6 aliphatic heterocycles. The Morgan fingerprint density at radius 3 is 1.48 bits per heavy atom. The first kappa shape index (κ1) is 47.4. The zero-order valence-electron chi connectivity index (χ0n) is 33.1. The van der Waals surface area contributed by atoms with Gasteiger partial charge in [-0.3, -0.25) is 28.8 Å². The molecule has 58 heavy (non-hydrogen) atoms. The number of hydrogen-bond acceptors (Lipinski definition) is 18. The van der Waals surface area contributed by atoms with Crippen LogP contribution in [0.2, 0.25) is 0 Å². The second kappa shape index (κ2) is 21.7. The summed E-state index contributed by atoms with van der Waals surface area (Å²) in [5.41, 5.74) is 0. The van der Waals surface area contributed by atoms with Gasteiger partial charge in [0.05, 0.1) is 86.7 Å². The van der Waals surface area contributed by atoms with E-state index in [1.54, 1.807) is 18.2 Å². The molecule has 6 aliphatic rings. The van der Waals surface area contributed by atoms with Crippen molar-refractivity contribution in [3.63, 3.8) is 0 Å². The molecule has 0 bridgehead atoms. The molecule has 18 heteroatoms. The minimum atomic E-state index is -0.715. The maximum absolute atomic E-state index is 12.2. The third-order valence-electron chi connectivity index (χ3n) is 11.5. The predicted molar refractivity (Wildman–Crippen MR) is 190 cm³/mol. The average Bonchev–Trinajstić information content (AvgIpc) is 4.03. The maximum atomic E-state index is 12.2. The van der Waals surface area contributed by atoms with Crippen LogP contribution in [0.3, 0.4) is 0 Å². The van der Waals surface area contributed by atoms with Crippen molar-refractivity contribution in [2.75, 3.05) is 14.2 Å². The Bertz CT molecular complexity index is 1630. The molecule has 6 rings (SSSR count). The molecule has 16 unspecified atom stereocenters. The predicted octanol–water partition coefficient (Wildman–Crippen LogP) is 1.89. The average molecular weight is 819 g/mol. The molecule has 0 spiro atoms. The Labute approximate surface area is 334 Å². The highest BCUT2D eigenvalue weighted by molar-refractivity contribution is 5.98. The van der Waals surface area contributed by atoms with Crippen LogP contribution in [-0.2, 0) is 85.8 Å². The van der Waals surface area contributed by atoms with Crippen molar-refractivity contribution < 1.29 is 85.8 Å². The summed E-state index contributed by atoms with van der Waals surface area (Å²) >= 11 is 0. The van der Waals surface area contributed by atoms with E-state index in [0.29, 0.717) is 19.3 Å². The lowest BCUT2D eigenvalue weighted by Gasteiger charge is -2.21. The summed E-state index contributed by atoms with van der Waals surface area (Å²) in [4.78, 5) is 105. The molecular formula is C40H50O18. The van der Waals surface area contributed by atoms with Gasteiger partial charge in [-0.25, -0.2) is 0 Å². The van der Waals surface area contributed by atoms with Crippen LogP contribution in [0.25, 0.3) is 0 Å². The molecule has 16 atom stereocenters. The molecule has 0 N–H and O–H groups in total. The van der Waals surface area contributed by atoms with Gasteiger partial charge in [0, 0.05) is 5.92 Å². The Hall–Kier alpha value is -4.96. The molecule has 0 aromatic heterocycles. The number of cyclic esters (lactones) is 4. The summed E-state index contributed by atoms with van der Waals surface area (Å²) in [6, 6.07) is 0. The Morgan fingerprint density at radius 1 is 0.569 bits per heavy atom. The van der Waals surface area contributed by atoms with Gasteiger partial charge in [0.1, 0.15) is 11.8 Å². The number of esters is 6. The lowest BCUT2D eigenvalue weighted by atomic mass is 9.83. The number of carbonyl (C=O) groups excluding carboxylic acids is 10. The fourth-order valence-corrected chi connectivity index (χ4v) is 8.79. The molecule has 6 heterocycles. The third-order valence-corrected chi connectivity index (χ3v) is 11.5. The first-order chi connectivity index (χ1) is 27.7. The highest BCUT2D eigenvalue weighted by Crippen LogP contribution is 2.45. The van der Waals surface area contributed by atoms with Crippen molar-refractivity contribution >= 4 is 48.1 Å². The van der Waals surface area contributed by atoms with Crippen LogP contribution in [-0.4, -0.2) is 111 Å². The van der Waals surface area contributed by atoms with Crippen molar-refractivity contribution in [3.05, 3.63) is 37.5 Å². The molecular weight excluding hydrogens is 768 g/mol. The van der Waals surface area contributed by atoms with E-state index in [2.05, 4.69) is 13.2 Å². The van der Waals surface area contributed by atoms with Crippen molar-refractivity contribution in [2.24, 2.45) is 47.3 Å². The normalized spacial score (nSPS) is 37.9. The van der Waals surface area contributed by atoms with Gasteiger partial charge in [-0.1, -0.05) is 52.0 Å². The SMILES string of the molecule is C=CC1OC(/C=C\C2OC(C=C)C3C(=O)OC(=O)C23)C(C(=O)OC)C1C.CCC1OC(CCC2OC(CC)C3C(=O)OC(=O)C23)C(C(=O)OC)C1C.O=C=O.O=C=O. The quantitative estimate of drug-likeness (QED) is 0.125. The van der Waals surface area contributed by atoms with Crippen LogP contribution >= 0.6 is 0 Å². The van der Waals surface area contributed by atoms with E-state index in [0.717, 1.165) is 6.42 Å². The van der Waals surface area contributed by atoms with Crippen LogP contribution in [0, 0.1) is 47.3 Å². The van der Waals surface area contributed by atoms with Gasteiger partial charge in [0.25, 0.3) is 0 Å². The third kappa shape index (κ3) is 10.0. The van der Waals surface area contributed by atoms with Crippen LogP contribution in [0.4, 0.5) is 0 Å². The second-order valence-electron chi connectivity index (χ2n) is 14.4. The number of hydrogen-bond donors (Lipinski definition) is 0. The van der Waals surface area contributed by atoms with Gasteiger partial charge >= 0.3 is 48.1 Å². The standard InChI is InChI=1S/C19H28O7.C19H22O7.2CO2/c2*1-5-10-9(3)14(17(20)23-4)12(24-10)7-8-13-16-15(11(6-2)25-13)18(21)26-19(16)22;2*2-1-3/h9-16H,5-8H2,1-4H3;5-16H,1-2H2,3-4H3;;/b;8-7-;;. The van der Waals surface area contributed by atoms with Crippen molar-refractivity contribution in [1.82, 2.24) is 0 Å². The van der Waals surface area contributed by atoms with Gasteiger partial charge in [-0.15, -0.1) is 13.2 Å². The number of methoxy groups -OCH3 is 2. The molecule has 0 saturated carbocycles. The Balaban J connectivity index is 0.000000273. The minimum Gasteiger partial charge on any atom is -0.469 e. The van der Waals surface area contributed by atoms with Crippen LogP contribution in [0.15, 0.2) is 37.5 Å². The summed E-state index contributed by atoms with van der Waals surface area (Å²) in [6.45, 7) is 15.3. The molecule has 6 saturated heterocycles. The lowest BCUT2D eigenvalue weighted by molar-refractivity contribution is -0.193. The second-order valence-corrected chi connectivity index (χ2v) is 14.4. The van der Waals surface area contributed by atoms with E-state index >= 15 is 0 Å². The van der Waals surface area contributed by atoms with Crippen molar-refractivity contribution in [2.45, 2.75) is 102 Å². The fourth-order valence-electron chi connectivity index (χ4n) is 8.79. The summed E-state index contributed by atoms with van der Waals surface area (Å²) in [5, 5.41) is 0. The van der Waals surface area contributed by atoms with E-state index < -0.39 is 71.8 Å². The van der Waals surface area contributed by atoms with E-state index in [9.17, 15) is 28.8 Å². The molecule has 318 valence electrons. The lowest BCUT2D eigenvalue weighted by Crippen LogP contribution is -2.31. The first-order valence-electron chi connectivity index (χ1n) is 18.9. The van der Waals surface area contributed by atoms with E-state index in [1.165, 1.54) is 20.3 Å². The minimum absolute atomic E-state index is 0.0164. The van der Waals surface area contributed by atoms with Crippen LogP contribution < -0.4 is 0 Å². The summed E-state index contributed by atoms with van der Waals surface area (Å²) in [6.07, 6.45) is 6.60. The number of fused-ring (bicyclic) bond motifs is 2. The topological polar surface area (TPSA) is 245 Å². The smallest absolute Gasteiger partial charge is 0.373 e. The molecule has 0 amide bonds. The van der Waals surface area contributed by atoms with Gasteiger partial charge in [-0.2, -0.15) is 19.2 Å². The van der Waals surface area contributed by atoms with Crippen LogP contribution in [0.5, 0.6) is 0 Å². The molecule has 0 aliphatic carbocycles. The summed E-state index contributed by atoms with van der Waals surface area (Å²) < 4.78 is 43.1. The summed E-state index contributed by atoms with van der Waals surface area (Å²) in [7, 11) is 2.72.